The number of nitrogens with one attached hydrogen (secondary N) is 1. The van der Waals surface area contributed by atoms with Crippen LogP contribution in [0.25, 0.3) is 0 Å². The summed E-state index contributed by atoms with van der Waals surface area (Å²) in [6.07, 6.45) is 3.87. The van der Waals surface area contributed by atoms with Crippen molar-refractivity contribution in [2.45, 2.75) is 46.3 Å². The fraction of sp³-hybridized carbons (Fsp3) is 0.364. The molecular formula is C22H30N5O4P. The van der Waals surface area contributed by atoms with Crippen molar-refractivity contribution in [2.24, 2.45) is 0 Å². The van der Waals surface area contributed by atoms with Crippen LogP contribution in [0.5, 0.6) is 11.5 Å². The molecule has 1 aromatic heterocycles. The Balaban J connectivity index is 2.21. The number of aromatic nitrogens is 2. The van der Waals surface area contributed by atoms with Gasteiger partial charge in [0.15, 0.2) is 11.5 Å². The molecular weight excluding hydrogens is 429 g/mol. The van der Waals surface area contributed by atoms with Crippen molar-refractivity contribution in [3.05, 3.63) is 47.0 Å². The van der Waals surface area contributed by atoms with E-state index in [4.69, 9.17) is 5.41 Å². The molecule has 0 aliphatic heterocycles. The molecule has 172 valence electrons. The van der Waals surface area contributed by atoms with E-state index < -0.39 is 5.54 Å². The molecule has 32 heavy (non-hydrogen) atoms. The van der Waals surface area contributed by atoms with Gasteiger partial charge in [-0.05, 0) is 56.3 Å². The molecule has 1 unspecified atom stereocenters. The van der Waals surface area contributed by atoms with Gasteiger partial charge < -0.3 is 25.4 Å². The summed E-state index contributed by atoms with van der Waals surface area (Å²) in [5, 5.41) is 32.4. The normalized spacial score (nSPS) is 12.2. The van der Waals surface area contributed by atoms with Crippen LogP contribution in [0.1, 0.15) is 33.3 Å². The topological polar surface area (TPSA) is 123 Å². The fourth-order valence-corrected chi connectivity index (χ4v) is 3.50. The first-order valence-electron chi connectivity index (χ1n) is 9.92. The molecule has 3 N–H and O–H groups in total. The van der Waals surface area contributed by atoms with Crippen LogP contribution >= 0.6 is 9.24 Å². The van der Waals surface area contributed by atoms with Crippen molar-refractivity contribution in [3.8, 4) is 11.5 Å². The molecule has 0 radical (unpaired) electrons. The molecule has 1 aromatic carbocycles. The summed E-state index contributed by atoms with van der Waals surface area (Å²) in [4.78, 5) is 27.9. The van der Waals surface area contributed by atoms with Crippen molar-refractivity contribution in [3.63, 3.8) is 0 Å². The highest BCUT2D eigenvalue weighted by molar-refractivity contribution is 7.22. The molecule has 2 aromatic rings. The van der Waals surface area contributed by atoms with E-state index in [0.717, 1.165) is 10.9 Å². The maximum atomic E-state index is 13.3. The number of rotatable bonds is 9. The van der Waals surface area contributed by atoms with Crippen LogP contribution in [0.2, 0.25) is 0 Å². The number of carbonyl (C=O) groups excluding carboxylic acids is 2. The molecule has 0 saturated heterocycles. The zero-order valence-electron chi connectivity index (χ0n) is 19.0. The minimum atomic E-state index is -1.20. The SMILES string of the molecule is CC(=N)/C(Cn1cc(N(C)C(=O)C(C)(C)N(C=O)Cc2ccc(O)c(O)c2)cn1)=C(/C)P. The number of anilines is 1. The average Bonchev–Trinajstić information content (AvgIpc) is 3.19. The van der Waals surface area contributed by atoms with E-state index in [1.165, 1.54) is 21.9 Å². The van der Waals surface area contributed by atoms with Gasteiger partial charge in [-0.1, -0.05) is 6.07 Å². The minimum absolute atomic E-state index is 0.0728. The summed E-state index contributed by atoms with van der Waals surface area (Å²) in [5.74, 6) is -0.878. The number of hydrogen-bond acceptors (Lipinski definition) is 6. The Morgan fingerprint density at radius 1 is 1.28 bits per heavy atom. The summed E-state index contributed by atoms with van der Waals surface area (Å²) in [6.45, 7) is 7.38. The highest BCUT2D eigenvalue weighted by Crippen LogP contribution is 2.28. The second-order valence-electron chi connectivity index (χ2n) is 8.16. The first kappa shape index (κ1) is 25.1. The summed E-state index contributed by atoms with van der Waals surface area (Å²) in [7, 11) is 4.21. The Bertz CT molecular complexity index is 1060. The van der Waals surface area contributed by atoms with Crippen LogP contribution in [0.4, 0.5) is 5.69 Å². The zero-order chi connectivity index (χ0) is 24.2. The second kappa shape index (κ2) is 9.96. The van der Waals surface area contributed by atoms with E-state index in [-0.39, 0.29) is 24.0 Å². The Hall–Kier alpha value is -3.19. The Morgan fingerprint density at radius 2 is 1.94 bits per heavy atom. The number of carbonyl (C=O) groups is 2. The lowest BCUT2D eigenvalue weighted by molar-refractivity contribution is -0.137. The zero-order valence-corrected chi connectivity index (χ0v) is 20.1. The highest BCUT2D eigenvalue weighted by Gasteiger charge is 2.37. The molecule has 2 amide bonds. The third-order valence-electron chi connectivity index (χ3n) is 5.32. The van der Waals surface area contributed by atoms with Gasteiger partial charge in [0.1, 0.15) is 5.54 Å². The molecule has 0 aliphatic rings. The Labute approximate surface area is 190 Å². The van der Waals surface area contributed by atoms with Crippen molar-refractivity contribution in [1.82, 2.24) is 14.7 Å². The lowest BCUT2D eigenvalue weighted by atomic mass is 10.00. The Morgan fingerprint density at radius 3 is 2.47 bits per heavy atom. The van der Waals surface area contributed by atoms with Crippen molar-refractivity contribution < 1.29 is 19.8 Å². The quantitative estimate of drug-likeness (QED) is 0.230. The van der Waals surface area contributed by atoms with Gasteiger partial charge in [-0.25, -0.2) is 0 Å². The molecule has 2 rings (SSSR count). The second-order valence-corrected chi connectivity index (χ2v) is 9.03. The predicted molar refractivity (Wildman–Crippen MR) is 127 cm³/mol. The van der Waals surface area contributed by atoms with Crippen LogP contribution in [0, 0.1) is 5.41 Å². The molecule has 0 aliphatic carbocycles. The van der Waals surface area contributed by atoms with E-state index in [0.29, 0.717) is 29.9 Å². The van der Waals surface area contributed by atoms with Gasteiger partial charge in [-0.15, -0.1) is 9.24 Å². The minimum Gasteiger partial charge on any atom is -0.504 e. The first-order chi connectivity index (χ1) is 14.9. The van der Waals surface area contributed by atoms with Gasteiger partial charge in [0.05, 0.1) is 18.4 Å². The third kappa shape index (κ3) is 5.53. The third-order valence-corrected chi connectivity index (χ3v) is 5.67. The van der Waals surface area contributed by atoms with Gasteiger partial charge in [0.2, 0.25) is 6.41 Å². The van der Waals surface area contributed by atoms with Gasteiger partial charge in [0, 0.05) is 25.5 Å². The number of benzene rings is 1. The standard InChI is InChI=1S/C22H30N5O4P/c1-14(23)18(15(2)32)12-27-11-17(9-24-27)25(5)21(31)22(3,4)26(13-28)10-16-6-7-19(29)20(30)8-16/h6-9,11,13,23,29-30H,10,12,32H2,1-5H3/b18-15-,23-14?. The summed E-state index contributed by atoms with van der Waals surface area (Å²) in [5.41, 5.74) is 1.21. The number of aromatic hydroxyl groups is 2. The summed E-state index contributed by atoms with van der Waals surface area (Å²) in [6, 6.07) is 4.26. The number of phenolic OH excluding ortho intramolecular Hbond substituents is 2. The van der Waals surface area contributed by atoms with Crippen LogP contribution in [0.15, 0.2) is 41.5 Å². The molecule has 1 heterocycles. The van der Waals surface area contributed by atoms with Crippen molar-refractivity contribution in [2.75, 3.05) is 11.9 Å². The van der Waals surface area contributed by atoms with Crippen LogP contribution in [-0.2, 0) is 22.7 Å². The smallest absolute Gasteiger partial charge is 0.252 e. The molecule has 0 bridgehead atoms. The monoisotopic (exact) mass is 459 g/mol. The first-order valence-corrected chi connectivity index (χ1v) is 10.5. The van der Waals surface area contributed by atoms with Crippen LogP contribution in [0.3, 0.4) is 0 Å². The van der Waals surface area contributed by atoms with E-state index in [1.807, 2.05) is 6.92 Å². The summed E-state index contributed by atoms with van der Waals surface area (Å²) >= 11 is 0. The molecule has 0 fully saturated rings. The molecule has 1 atom stereocenters. The maximum absolute atomic E-state index is 13.3. The molecule has 9 nitrogen and oxygen atoms in total. The van der Waals surface area contributed by atoms with Crippen LogP contribution in [-0.4, -0.2) is 55.5 Å². The van der Waals surface area contributed by atoms with Gasteiger partial charge in [0.25, 0.3) is 5.91 Å². The van der Waals surface area contributed by atoms with E-state index in [1.54, 1.807) is 51.0 Å². The average molecular weight is 459 g/mol. The number of phenols is 2. The number of amides is 2. The van der Waals surface area contributed by atoms with Gasteiger partial charge in [-0.3, -0.25) is 14.3 Å². The largest absolute Gasteiger partial charge is 0.504 e. The van der Waals surface area contributed by atoms with E-state index in [9.17, 15) is 19.8 Å². The molecule has 10 heteroatoms. The highest BCUT2D eigenvalue weighted by atomic mass is 31.0. The van der Waals surface area contributed by atoms with Crippen molar-refractivity contribution >= 4 is 33.0 Å². The lowest BCUT2D eigenvalue weighted by Crippen LogP contribution is -2.54. The van der Waals surface area contributed by atoms with Crippen LogP contribution < -0.4 is 4.90 Å². The fourth-order valence-electron chi connectivity index (χ4n) is 3.19. The number of nitrogens with zero attached hydrogens (tertiary/aromatic N) is 4. The van der Waals surface area contributed by atoms with Gasteiger partial charge in [-0.2, -0.15) is 5.10 Å². The maximum Gasteiger partial charge on any atom is 0.252 e. The molecule has 0 saturated carbocycles. The Kier molecular flexibility index (Phi) is 7.80. The van der Waals surface area contributed by atoms with E-state index in [2.05, 4.69) is 14.3 Å². The van der Waals surface area contributed by atoms with E-state index >= 15 is 0 Å². The van der Waals surface area contributed by atoms with Gasteiger partial charge >= 0.3 is 0 Å². The molecule has 0 spiro atoms. The lowest BCUT2D eigenvalue weighted by Gasteiger charge is -2.37. The van der Waals surface area contributed by atoms with Crippen molar-refractivity contribution in [1.29, 1.82) is 5.41 Å². The number of hydrogen-bond donors (Lipinski definition) is 3. The summed E-state index contributed by atoms with van der Waals surface area (Å²) < 4.78 is 1.66. The number of likely N-dealkylation sites (N-methyl/N-ethyl adjacent to an activating group) is 1. The predicted octanol–water partition coefficient (Wildman–Crippen LogP) is 2.88. The number of allylic oxidation sites excluding steroid dienone is 2.